The third kappa shape index (κ3) is 3.56. The summed E-state index contributed by atoms with van der Waals surface area (Å²) in [6.07, 6.45) is 0. The van der Waals surface area contributed by atoms with E-state index >= 15 is 0 Å². The van der Waals surface area contributed by atoms with Gasteiger partial charge in [-0.2, -0.15) is 0 Å². The average molecular weight is 593 g/mol. The first kappa shape index (κ1) is 25.0. The number of hydrogen-bond acceptors (Lipinski definition) is 4. The Hall–Kier alpha value is -5.39. The highest BCUT2D eigenvalue weighted by Gasteiger charge is 2.45. The summed E-state index contributed by atoms with van der Waals surface area (Å²) < 4.78 is 7.07. The third-order valence-corrected chi connectivity index (χ3v) is 10.4. The molecule has 7 aromatic carbocycles. The van der Waals surface area contributed by atoms with Gasteiger partial charge in [0.15, 0.2) is 11.5 Å². The van der Waals surface area contributed by atoms with Gasteiger partial charge in [-0.1, -0.05) is 120 Å². The van der Waals surface area contributed by atoms with Crippen LogP contribution in [0.3, 0.4) is 0 Å². The van der Waals surface area contributed by atoms with Crippen LogP contribution in [0.1, 0.15) is 0 Å². The van der Waals surface area contributed by atoms with Gasteiger partial charge in [0.2, 0.25) is 6.71 Å². The monoisotopic (exact) mass is 592 g/mol. The highest BCUT2D eigenvalue weighted by Crippen LogP contribution is 2.58. The summed E-state index contributed by atoms with van der Waals surface area (Å²) in [5, 5.41) is 2.41. The Morgan fingerprint density at radius 2 is 1.20 bits per heavy atom. The Kier molecular flexibility index (Phi) is 5.31. The molecule has 3 heterocycles. The first-order valence-corrected chi connectivity index (χ1v) is 16.1. The minimum atomic E-state index is 0.0979. The summed E-state index contributed by atoms with van der Waals surface area (Å²) >= 11 is 1.87. The summed E-state index contributed by atoms with van der Waals surface area (Å²) in [6, 6.07) is 54.5. The fourth-order valence-electron chi connectivity index (χ4n) is 7.42. The Morgan fingerprint density at radius 1 is 0.511 bits per heavy atom. The topological polar surface area (TPSA) is 15.7 Å². The molecule has 7 aromatic rings. The number of ether oxygens (including phenoxy) is 1. The molecule has 0 aromatic heterocycles. The van der Waals surface area contributed by atoms with E-state index in [1.165, 1.54) is 42.6 Å². The maximum atomic E-state index is 7.07. The highest BCUT2D eigenvalue weighted by atomic mass is 32.2. The standard InChI is InChI=1S/C40H25BN2OS/c1-2-15-27(16-3-1)42-32-20-8-6-18-29(32)41-30-19-7-11-24-36(30)45-37-25-34-40(39(42)38(37)41)44-35-23-10-9-21-33(35)43(34)31-22-12-14-26-13-4-5-17-28(26)31/h1-25H. The predicted octanol–water partition coefficient (Wildman–Crippen LogP) is 9.18. The molecule has 45 heavy (non-hydrogen) atoms. The normalized spacial score (nSPS) is 13.7. The Labute approximate surface area is 266 Å². The van der Waals surface area contributed by atoms with E-state index in [0.29, 0.717) is 0 Å². The molecule has 3 aliphatic rings. The molecule has 0 saturated carbocycles. The number of nitrogens with zero attached hydrogens (tertiary/aromatic N) is 2. The average Bonchev–Trinajstić information content (AvgIpc) is 3.10. The van der Waals surface area contributed by atoms with Crippen LogP contribution in [0.2, 0.25) is 0 Å². The molecule has 10 rings (SSSR count). The maximum Gasteiger partial charge on any atom is 0.249 e. The smallest absolute Gasteiger partial charge is 0.249 e. The molecular weight excluding hydrogens is 567 g/mol. The molecule has 3 aliphatic heterocycles. The zero-order valence-corrected chi connectivity index (χ0v) is 25.0. The van der Waals surface area contributed by atoms with Gasteiger partial charge in [-0.25, -0.2) is 0 Å². The Bertz CT molecular complexity index is 2320. The van der Waals surface area contributed by atoms with E-state index < -0.39 is 0 Å². The lowest BCUT2D eigenvalue weighted by Gasteiger charge is -2.43. The molecule has 0 spiro atoms. The van der Waals surface area contributed by atoms with Gasteiger partial charge in [-0.15, -0.1) is 0 Å². The van der Waals surface area contributed by atoms with Crippen LogP contribution in [0.4, 0.5) is 34.1 Å². The van der Waals surface area contributed by atoms with Crippen molar-refractivity contribution in [3.8, 4) is 11.5 Å². The molecule has 0 fully saturated rings. The van der Waals surface area contributed by atoms with Crippen molar-refractivity contribution >= 4 is 79.8 Å². The number of anilines is 6. The molecule has 0 N–H and O–H groups in total. The minimum Gasteiger partial charge on any atom is -0.451 e. The van der Waals surface area contributed by atoms with Crippen molar-refractivity contribution in [2.45, 2.75) is 9.79 Å². The van der Waals surface area contributed by atoms with Crippen molar-refractivity contribution < 1.29 is 4.74 Å². The van der Waals surface area contributed by atoms with Gasteiger partial charge >= 0.3 is 0 Å². The summed E-state index contributed by atoms with van der Waals surface area (Å²) in [5.41, 5.74) is 10.6. The van der Waals surface area contributed by atoms with Crippen LogP contribution < -0.4 is 30.9 Å². The van der Waals surface area contributed by atoms with E-state index in [0.717, 1.165) is 39.9 Å². The zero-order chi connectivity index (χ0) is 29.5. The van der Waals surface area contributed by atoms with E-state index in [-0.39, 0.29) is 6.71 Å². The number of fused-ring (bicyclic) bond motifs is 8. The van der Waals surface area contributed by atoms with Gasteiger partial charge in [0.1, 0.15) is 0 Å². The number of rotatable bonds is 2. The lowest BCUT2D eigenvalue weighted by molar-refractivity contribution is 0.478. The van der Waals surface area contributed by atoms with Crippen LogP contribution in [0, 0.1) is 0 Å². The van der Waals surface area contributed by atoms with Gasteiger partial charge in [0.25, 0.3) is 0 Å². The van der Waals surface area contributed by atoms with E-state index in [2.05, 4.69) is 161 Å². The van der Waals surface area contributed by atoms with Crippen molar-refractivity contribution in [1.29, 1.82) is 0 Å². The lowest BCUT2D eigenvalue weighted by Crippen LogP contribution is -2.60. The third-order valence-electron chi connectivity index (χ3n) is 9.27. The second kappa shape index (κ2) is 9.56. The van der Waals surface area contributed by atoms with Gasteiger partial charge in [-0.3, -0.25) is 0 Å². The van der Waals surface area contributed by atoms with Crippen molar-refractivity contribution in [2.75, 3.05) is 9.80 Å². The molecule has 5 heteroatoms. The summed E-state index contributed by atoms with van der Waals surface area (Å²) in [6.45, 7) is 0.0979. The molecule has 0 unspecified atom stereocenters. The van der Waals surface area contributed by atoms with Crippen molar-refractivity contribution in [1.82, 2.24) is 0 Å². The van der Waals surface area contributed by atoms with Gasteiger partial charge in [0.05, 0.1) is 22.7 Å². The SMILES string of the molecule is c1ccc(N2c3ccccc3B3c4ccccc4Sc4cc5c(c2c43)Oc2ccccc2N5c2cccc3ccccc23)cc1. The molecule has 0 amide bonds. The minimum absolute atomic E-state index is 0.0979. The van der Waals surface area contributed by atoms with Crippen molar-refractivity contribution in [3.05, 3.63) is 152 Å². The van der Waals surface area contributed by atoms with Gasteiger partial charge in [-0.05, 0) is 64.8 Å². The van der Waals surface area contributed by atoms with Crippen LogP contribution in [-0.4, -0.2) is 6.71 Å². The zero-order valence-electron chi connectivity index (χ0n) is 24.2. The summed E-state index contributed by atoms with van der Waals surface area (Å²) in [4.78, 5) is 7.40. The molecule has 210 valence electrons. The van der Waals surface area contributed by atoms with Crippen LogP contribution in [0.15, 0.2) is 161 Å². The van der Waals surface area contributed by atoms with E-state index in [4.69, 9.17) is 4.74 Å². The molecule has 0 atom stereocenters. The predicted molar refractivity (Wildman–Crippen MR) is 189 cm³/mol. The summed E-state index contributed by atoms with van der Waals surface area (Å²) in [7, 11) is 0. The summed E-state index contributed by atoms with van der Waals surface area (Å²) in [5.74, 6) is 1.73. The largest absolute Gasteiger partial charge is 0.451 e. The number of benzene rings is 7. The molecular formula is C40H25BN2OS. The quantitative estimate of drug-likeness (QED) is 0.186. The molecule has 3 nitrogen and oxygen atoms in total. The van der Waals surface area contributed by atoms with Gasteiger partial charge in [0, 0.05) is 26.6 Å². The number of hydrogen-bond donors (Lipinski definition) is 0. The second-order valence-corrected chi connectivity index (χ2v) is 12.8. The van der Waals surface area contributed by atoms with E-state index in [1.807, 2.05) is 11.8 Å². The van der Waals surface area contributed by atoms with Crippen molar-refractivity contribution in [2.24, 2.45) is 0 Å². The highest BCUT2D eigenvalue weighted by molar-refractivity contribution is 8.00. The van der Waals surface area contributed by atoms with Crippen LogP contribution in [0.25, 0.3) is 10.8 Å². The van der Waals surface area contributed by atoms with Crippen LogP contribution in [0.5, 0.6) is 11.5 Å². The molecule has 0 radical (unpaired) electrons. The molecule has 0 saturated heterocycles. The van der Waals surface area contributed by atoms with E-state index in [9.17, 15) is 0 Å². The first-order valence-electron chi connectivity index (χ1n) is 15.3. The second-order valence-electron chi connectivity index (χ2n) is 11.7. The first-order chi connectivity index (χ1) is 22.3. The maximum absolute atomic E-state index is 7.07. The van der Waals surface area contributed by atoms with Crippen molar-refractivity contribution in [3.63, 3.8) is 0 Å². The fraction of sp³-hybridized carbons (Fsp3) is 0. The molecule has 0 bridgehead atoms. The number of para-hydroxylation sites is 4. The fourth-order valence-corrected chi connectivity index (χ4v) is 8.60. The molecule has 0 aliphatic carbocycles. The van der Waals surface area contributed by atoms with Crippen LogP contribution in [-0.2, 0) is 0 Å². The van der Waals surface area contributed by atoms with Crippen LogP contribution >= 0.6 is 11.8 Å². The Balaban J connectivity index is 1.34. The Morgan fingerprint density at radius 3 is 2.11 bits per heavy atom. The van der Waals surface area contributed by atoms with E-state index in [1.54, 1.807) is 0 Å². The lowest BCUT2D eigenvalue weighted by atomic mass is 9.35. The van der Waals surface area contributed by atoms with Gasteiger partial charge < -0.3 is 14.5 Å².